The van der Waals surface area contributed by atoms with E-state index in [1.54, 1.807) is 0 Å². The Morgan fingerprint density at radius 1 is 1.10 bits per heavy atom. The number of halogens is 1. The van der Waals surface area contributed by atoms with Crippen LogP contribution in [0, 0.1) is 0 Å². The molecule has 0 fully saturated rings. The molecule has 2 aromatic carbocycles. The number of hydrogen-bond acceptors (Lipinski definition) is 3. The molecule has 1 atom stereocenters. The van der Waals surface area contributed by atoms with Crippen LogP contribution in [0.1, 0.15) is 22.8 Å². The molecular weight excluding hydrogens is 290 g/mol. The third kappa shape index (κ3) is 2.66. The van der Waals surface area contributed by atoms with Gasteiger partial charge >= 0.3 is 0 Å². The summed E-state index contributed by atoms with van der Waals surface area (Å²) in [6.07, 6.45) is 1.02. The Balaban J connectivity index is 1.99. The molecule has 0 aliphatic carbocycles. The van der Waals surface area contributed by atoms with E-state index in [9.17, 15) is 0 Å². The molecule has 0 spiro atoms. The summed E-state index contributed by atoms with van der Waals surface area (Å²) in [5.41, 5.74) is 8.01. The highest BCUT2D eigenvalue weighted by molar-refractivity contribution is 7.99. The van der Waals surface area contributed by atoms with Crippen molar-refractivity contribution in [3.8, 4) is 11.5 Å². The summed E-state index contributed by atoms with van der Waals surface area (Å²) in [5.74, 6) is 2.83. The molecule has 4 heteroatoms. The molecule has 2 aromatic rings. The predicted octanol–water partition coefficient (Wildman–Crippen LogP) is 4.62. The van der Waals surface area contributed by atoms with Crippen LogP contribution in [0.5, 0.6) is 11.5 Å². The van der Waals surface area contributed by atoms with Gasteiger partial charge in [0.1, 0.15) is 11.5 Å². The van der Waals surface area contributed by atoms with Gasteiger partial charge in [0.15, 0.2) is 0 Å². The van der Waals surface area contributed by atoms with Crippen LogP contribution in [-0.4, -0.2) is 12.3 Å². The number of thioether (sulfide) groups is 1. The second-order valence-electron chi connectivity index (χ2n) is 4.72. The lowest BCUT2D eigenvalue weighted by Crippen LogP contribution is -2.09. The fraction of sp³-hybridized carbons (Fsp3) is 0.250. The second kappa shape index (κ2) is 6.08. The summed E-state index contributed by atoms with van der Waals surface area (Å²) in [4.78, 5) is 0. The predicted molar refractivity (Wildman–Crippen MR) is 85.9 cm³/mol. The first-order valence-corrected chi connectivity index (χ1v) is 8.10. The largest absolute Gasteiger partial charge is 0.457 e. The highest BCUT2D eigenvalue weighted by atomic mass is 35.5. The van der Waals surface area contributed by atoms with Gasteiger partial charge in [-0.15, -0.1) is 11.8 Å². The zero-order chi connectivity index (χ0) is 13.9. The van der Waals surface area contributed by atoms with E-state index >= 15 is 0 Å². The maximum atomic E-state index is 6.07. The lowest BCUT2D eigenvalue weighted by Gasteiger charge is -2.28. The molecule has 0 amide bonds. The van der Waals surface area contributed by atoms with E-state index < -0.39 is 0 Å². The first-order valence-electron chi connectivity index (χ1n) is 6.67. The van der Waals surface area contributed by atoms with Gasteiger partial charge in [0.2, 0.25) is 0 Å². The summed E-state index contributed by atoms with van der Waals surface area (Å²) in [7, 11) is 0. The van der Waals surface area contributed by atoms with E-state index in [2.05, 4.69) is 18.2 Å². The Bertz CT molecular complexity index is 617. The topological polar surface area (TPSA) is 35.2 Å². The van der Waals surface area contributed by atoms with Crippen molar-refractivity contribution in [2.75, 3.05) is 12.3 Å². The SMILES string of the molecule is NCCCSC1c2ccccc2Oc2cc(Cl)ccc21. The standard InChI is InChI=1S/C16H16ClNOS/c17-11-6-7-13-15(10-11)19-14-5-2-1-4-12(14)16(13)20-9-3-8-18/h1-2,4-7,10,16H,3,8-9,18H2. The van der Waals surface area contributed by atoms with Crippen LogP contribution < -0.4 is 10.5 Å². The molecule has 20 heavy (non-hydrogen) atoms. The number of fused-ring (bicyclic) bond motifs is 2. The van der Waals surface area contributed by atoms with Crippen LogP contribution in [0.15, 0.2) is 42.5 Å². The van der Waals surface area contributed by atoms with Crippen molar-refractivity contribution >= 4 is 23.4 Å². The normalized spacial score (nSPS) is 16.2. The molecule has 1 unspecified atom stereocenters. The quantitative estimate of drug-likeness (QED) is 0.837. The van der Waals surface area contributed by atoms with Gasteiger partial charge in [-0.05, 0) is 36.9 Å². The molecule has 0 radical (unpaired) electrons. The maximum Gasteiger partial charge on any atom is 0.133 e. The Kier molecular flexibility index (Phi) is 4.20. The zero-order valence-corrected chi connectivity index (χ0v) is 12.6. The Hall–Kier alpha value is -1.16. The van der Waals surface area contributed by atoms with Crippen LogP contribution in [-0.2, 0) is 0 Å². The maximum absolute atomic E-state index is 6.07. The molecule has 3 rings (SSSR count). The smallest absolute Gasteiger partial charge is 0.133 e. The van der Waals surface area contributed by atoms with Gasteiger partial charge in [0.05, 0.1) is 5.25 Å². The number of rotatable bonds is 4. The summed E-state index contributed by atoms with van der Waals surface area (Å²) in [6, 6.07) is 14.1. The van der Waals surface area contributed by atoms with Crippen molar-refractivity contribution in [1.82, 2.24) is 0 Å². The van der Waals surface area contributed by atoms with Crippen molar-refractivity contribution in [3.63, 3.8) is 0 Å². The Morgan fingerprint density at radius 3 is 2.75 bits per heavy atom. The fourth-order valence-electron chi connectivity index (χ4n) is 2.35. The van der Waals surface area contributed by atoms with Crippen molar-refractivity contribution in [1.29, 1.82) is 0 Å². The van der Waals surface area contributed by atoms with E-state index in [0.29, 0.717) is 10.3 Å². The van der Waals surface area contributed by atoms with Gasteiger partial charge in [-0.2, -0.15) is 0 Å². The molecule has 0 saturated heterocycles. The molecule has 0 aromatic heterocycles. The summed E-state index contributed by atoms with van der Waals surface area (Å²) >= 11 is 7.99. The summed E-state index contributed by atoms with van der Waals surface area (Å²) in [6.45, 7) is 0.728. The van der Waals surface area contributed by atoms with Gasteiger partial charge in [-0.3, -0.25) is 0 Å². The van der Waals surface area contributed by atoms with Gasteiger partial charge in [0, 0.05) is 16.1 Å². The molecule has 0 saturated carbocycles. The van der Waals surface area contributed by atoms with Crippen molar-refractivity contribution < 1.29 is 4.74 Å². The van der Waals surface area contributed by atoms with Crippen LogP contribution in [0.25, 0.3) is 0 Å². The molecule has 2 nitrogen and oxygen atoms in total. The average Bonchev–Trinajstić information content (AvgIpc) is 2.46. The molecule has 104 valence electrons. The van der Waals surface area contributed by atoms with Crippen molar-refractivity contribution in [2.24, 2.45) is 5.73 Å². The first-order chi connectivity index (χ1) is 9.79. The second-order valence-corrected chi connectivity index (χ2v) is 6.36. The van der Waals surface area contributed by atoms with Crippen LogP contribution in [0.3, 0.4) is 0 Å². The third-order valence-corrected chi connectivity index (χ3v) is 4.91. The third-order valence-electron chi connectivity index (χ3n) is 3.31. The van der Waals surface area contributed by atoms with Crippen molar-refractivity contribution in [2.45, 2.75) is 11.7 Å². The Labute approximate surface area is 128 Å². The number of hydrogen-bond donors (Lipinski definition) is 1. The van der Waals surface area contributed by atoms with Crippen LogP contribution in [0.2, 0.25) is 5.02 Å². The lowest BCUT2D eigenvalue weighted by atomic mass is 10.00. The summed E-state index contributed by atoms with van der Waals surface area (Å²) < 4.78 is 5.97. The monoisotopic (exact) mass is 305 g/mol. The molecule has 2 N–H and O–H groups in total. The molecular formula is C16H16ClNOS. The minimum atomic E-state index is 0.291. The molecule has 0 bridgehead atoms. The molecule has 1 heterocycles. The summed E-state index contributed by atoms with van der Waals surface area (Å²) in [5, 5.41) is 0.993. The van der Waals surface area contributed by atoms with Gasteiger partial charge < -0.3 is 10.5 Å². The number of para-hydroxylation sites is 1. The number of nitrogens with two attached hydrogens (primary N) is 1. The van der Waals surface area contributed by atoms with E-state index in [1.165, 1.54) is 11.1 Å². The number of ether oxygens (including phenoxy) is 1. The van der Waals surface area contributed by atoms with Crippen molar-refractivity contribution in [3.05, 3.63) is 58.6 Å². The van der Waals surface area contributed by atoms with Crippen LogP contribution >= 0.6 is 23.4 Å². The minimum absolute atomic E-state index is 0.291. The van der Waals surface area contributed by atoms with Gasteiger partial charge in [-0.1, -0.05) is 35.9 Å². The first kappa shape index (κ1) is 13.8. The zero-order valence-electron chi connectivity index (χ0n) is 11.0. The van der Waals surface area contributed by atoms with Gasteiger partial charge in [0.25, 0.3) is 0 Å². The van der Waals surface area contributed by atoms with Gasteiger partial charge in [-0.25, -0.2) is 0 Å². The van der Waals surface area contributed by atoms with E-state index in [4.69, 9.17) is 22.1 Å². The highest BCUT2D eigenvalue weighted by Crippen LogP contribution is 2.49. The van der Waals surface area contributed by atoms with E-state index in [1.807, 2.05) is 36.0 Å². The Morgan fingerprint density at radius 2 is 1.90 bits per heavy atom. The minimum Gasteiger partial charge on any atom is -0.457 e. The lowest BCUT2D eigenvalue weighted by molar-refractivity contribution is 0.459. The number of benzene rings is 2. The van der Waals surface area contributed by atoms with E-state index in [-0.39, 0.29) is 0 Å². The molecule has 1 aliphatic rings. The van der Waals surface area contributed by atoms with Crippen LogP contribution in [0.4, 0.5) is 0 Å². The average molecular weight is 306 g/mol. The highest BCUT2D eigenvalue weighted by Gasteiger charge is 2.27. The van der Waals surface area contributed by atoms with E-state index in [0.717, 1.165) is 30.2 Å². The fourth-order valence-corrected chi connectivity index (χ4v) is 3.83. The molecule has 1 aliphatic heterocycles.